The number of carbonyl (C=O) groups is 1. The van der Waals surface area contributed by atoms with Crippen molar-refractivity contribution in [2.75, 3.05) is 14.2 Å². The molecule has 1 aliphatic carbocycles. The molecule has 1 unspecified atom stereocenters. The van der Waals surface area contributed by atoms with Crippen molar-refractivity contribution in [3.63, 3.8) is 0 Å². The van der Waals surface area contributed by atoms with Crippen LogP contribution in [0.15, 0.2) is 12.1 Å². The summed E-state index contributed by atoms with van der Waals surface area (Å²) >= 11 is 0. The molecule has 0 aromatic heterocycles. The number of hydrogen-bond acceptors (Lipinski definition) is 3. The van der Waals surface area contributed by atoms with E-state index in [2.05, 4.69) is 0 Å². The predicted octanol–water partition coefficient (Wildman–Crippen LogP) is 1.82. The number of methoxy groups -OCH3 is 2. The Hall–Kier alpha value is -1.71. The van der Waals surface area contributed by atoms with Gasteiger partial charge in [0.05, 0.1) is 20.6 Å². The molecule has 0 saturated carbocycles. The standard InChI is InChI=1S/C12H14O4/c1-15-10-4-7-3-8(5-12(13)14)9(7)6-11(10)16-2/h4,6,8H,3,5H2,1-2H3,(H,13,14). The Kier molecular flexibility index (Phi) is 2.73. The average molecular weight is 222 g/mol. The van der Waals surface area contributed by atoms with E-state index < -0.39 is 5.97 Å². The van der Waals surface area contributed by atoms with Gasteiger partial charge in [-0.25, -0.2) is 0 Å². The lowest BCUT2D eigenvalue weighted by Crippen LogP contribution is -2.20. The van der Waals surface area contributed by atoms with E-state index in [-0.39, 0.29) is 12.3 Å². The van der Waals surface area contributed by atoms with E-state index in [9.17, 15) is 4.79 Å². The summed E-state index contributed by atoms with van der Waals surface area (Å²) in [5.74, 6) is 0.726. The molecule has 1 aromatic rings. The second-order valence-corrected chi connectivity index (χ2v) is 3.90. The summed E-state index contributed by atoms with van der Waals surface area (Å²) in [5, 5.41) is 8.75. The molecule has 0 saturated heterocycles. The van der Waals surface area contributed by atoms with Gasteiger partial charge in [0, 0.05) is 0 Å². The van der Waals surface area contributed by atoms with E-state index in [1.54, 1.807) is 14.2 Å². The highest BCUT2D eigenvalue weighted by molar-refractivity contribution is 5.69. The molecule has 16 heavy (non-hydrogen) atoms. The van der Waals surface area contributed by atoms with Crippen LogP contribution >= 0.6 is 0 Å². The van der Waals surface area contributed by atoms with Crippen LogP contribution in [-0.4, -0.2) is 25.3 Å². The molecule has 1 aliphatic rings. The molecule has 2 rings (SSSR count). The lowest BCUT2D eigenvalue weighted by atomic mass is 9.75. The minimum atomic E-state index is -0.759. The fourth-order valence-corrected chi connectivity index (χ4v) is 2.13. The van der Waals surface area contributed by atoms with Crippen LogP contribution in [-0.2, 0) is 11.2 Å². The van der Waals surface area contributed by atoms with Crippen LogP contribution in [0.3, 0.4) is 0 Å². The number of rotatable bonds is 4. The summed E-state index contributed by atoms with van der Waals surface area (Å²) in [6.07, 6.45) is 0.991. The van der Waals surface area contributed by atoms with Crippen molar-refractivity contribution in [3.05, 3.63) is 23.3 Å². The van der Waals surface area contributed by atoms with Gasteiger partial charge >= 0.3 is 5.97 Å². The SMILES string of the molecule is COc1cc2c(cc1OC)C(CC(=O)O)C2. The Morgan fingerprint density at radius 3 is 2.56 bits per heavy atom. The second-order valence-electron chi connectivity index (χ2n) is 3.90. The van der Waals surface area contributed by atoms with E-state index >= 15 is 0 Å². The maximum Gasteiger partial charge on any atom is 0.303 e. The first kappa shape index (κ1) is 10.8. The van der Waals surface area contributed by atoms with Crippen molar-refractivity contribution in [1.82, 2.24) is 0 Å². The fourth-order valence-electron chi connectivity index (χ4n) is 2.13. The van der Waals surface area contributed by atoms with Crippen LogP contribution < -0.4 is 9.47 Å². The van der Waals surface area contributed by atoms with E-state index in [4.69, 9.17) is 14.6 Å². The van der Waals surface area contributed by atoms with E-state index in [0.29, 0.717) is 11.5 Å². The van der Waals surface area contributed by atoms with Crippen LogP contribution in [0.2, 0.25) is 0 Å². The summed E-state index contributed by atoms with van der Waals surface area (Å²) in [5.41, 5.74) is 2.23. The third kappa shape index (κ3) is 1.71. The Bertz CT molecular complexity index is 425. The normalized spacial score (nSPS) is 17.2. The topological polar surface area (TPSA) is 55.8 Å². The number of ether oxygens (including phenoxy) is 2. The molecule has 0 heterocycles. The van der Waals surface area contributed by atoms with Crippen LogP contribution in [0.4, 0.5) is 0 Å². The van der Waals surface area contributed by atoms with E-state index in [0.717, 1.165) is 17.5 Å². The Balaban J connectivity index is 2.27. The molecule has 1 N–H and O–H groups in total. The van der Waals surface area contributed by atoms with Crippen LogP contribution in [0.25, 0.3) is 0 Å². The third-order valence-corrected chi connectivity index (χ3v) is 2.97. The third-order valence-electron chi connectivity index (χ3n) is 2.97. The number of benzene rings is 1. The van der Waals surface area contributed by atoms with Gasteiger partial charge in [-0.2, -0.15) is 0 Å². The zero-order valence-corrected chi connectivity index (χ0v) is 9.32. The Morgan fingerprint density at radius 2 is 2.00 bits per heavy atom. The number of carboxylic acids is 1. The smallest absolute Gasteiger partial charge is 0.303 e. The first-order valence-corrected chi connectivity index (χ1v) is 5.12. The lowest BCUT2D eigenvalue weighted by Gasteiger charge is -2.30. The fraction of sp³-hybridized carbons (Fsp3) is 0.417. The zero-order chi connectivity index (χ0) is 11.7. The summed E-state index contributed by atoms with van der Waals surface area (Å²) < 4.78 is 10.4. The van der Waals surface area contributed by atoms with Gasteiger partial charge in [-0.05, 0) is 35.6 Å². The second kappa shape index (κ2) is 4.04. The monoisotopic (exact) mass is 222 g/mol. The van der Waals surface area contributed by atoms with Crippen molar-refractivity contribution >= 4 is 5.97 Å². The zero-order valence-electron chi connectivity index (χ0n) is 9.32. The van der Waals surface area contributed by atoms with Gasteiger partial charge in [-0.3, -0.25) is 4.79 Å². The van der Waals surface area contributed by atoms with Gasteiger partial charge in [-0.1, -0.05) is 0 Å². The Morgan fingerprint density at radius 1 is 1.38 bits per heavy atom. The van der Waals surface area contributed by atoms with Gasteiger partial charge in [0.15, 0.2) is 11.5 Å². The summed E-state index contributed by atoms with van der Waals surface area (Å²) in [4.78, 5) is 10.6. The largest absolute Gasteiger partial charge is 0.493 e. The molecule has 0 amide bonds. The molecule has 0 aliphatic heterocycles. The quantitative estimate of drug-likeness (QED) is 0.844. The van der Waals surface area contributed by atoms with Crippen molar-refractivity contribution in [2.24, 2.45) is 0 Å². The maximum absolute atomic E-state index is 10.6. The molecular formula is C12H14O4. The highest BCUT2D eigenvalue weighted by Gasteiger charge is 2.29. The average Bonchev–Trinajstić information content (AvgIpc) is 2.25. The molecule has 1 aromatic carbocycles. The predicted molar refractivity (Wildman–Crippen MR) is 58.2 cm³/mol. The number of hydrogen-bond donors (Lipinski definition) is 1. The van der Waals surface area contributed by atoms with Crippen LogP contribution in [0.5, 0.6) is 11.5 Å². The van der Waals surface area contributed by atoms with Crippen molar-refractivity contribution in [2.45, 2.75) is 18.8 Å². The van der Waals surface area contributed by atoms with Gasteiger partial charge in [0.2, 0.25) is 0 Å². The lowest BCUT2D eigenvalue weighted by molar-refractivity contribution is -0.137. The number of aliphatic carboxylic acids is 1. The number of carboxylic acid groups (broad SMARTS) is 1. The van der Waals surface area contributed by atoms with Crippen molar-refractivity contribution in [1.29, 1.82) is 0 Å². The summed E-state index contributed by atoms with van der Waals surface area (Å²) in [6, 6.07) is 3.80. The highest BCUT2D eigenvalue weighted by atomic mass is 16.5. The van der Waals surface area contributed by atoms with Crippen LogP contribution in [0.1, 0.15) is 23.5 Å². The molecule has 0 spiro atoms. The van der Waals surface area contributed by atoms with E-state index in [1.165, 1.54) is 0 Å². The van der Waals surface area contributed by atoms with Gasteiger partial charge in [-0.15, -0.1) is 0 Å². The molecule has 0 fully saturated rings. The van der Waals surface area contributed by atoms with Crippen molar-refractivity contribution in [3.8, 4) is 11.5 Å². The molecular weight excluding hydrogens is 208 g/mol. The molecule has 4 nitrogen and oxygen atoms in total. The first-order valence-electron chi connectivity index (χ1n) is 5.12. The highest BCUT2D eigenvalue weighted by Crippen LogP contribution is 2.43. The van der Waals surface area contributed by atoms with Crippen molar-refractivity contribution < 1.29 is 19.4 Å². The molecule has 0 radical (unpaired) electrons. The van der Waals surface area contributed by atoms with E-state index in [1.807, 2.05) is 12.1 Å². The molecule has 0 bridgehead atoms. The molecule has 86 valence electrons. The van der Waals surface area contributed by atoms with Gasteiger partial charge < -0.3 is 14.6 Å². The summed E-state index contributed by atoms with van der Waals surface area (Å²) in [7, 11) is 3.17. The minimum Gasteiger partial charge on any atom is -0.493 e. The maximum atomic E-state index is 10.6. The van der Waals surface area contributed by atoms with Crippen LogP contribution in [0, 0.1) is 0 Å². The Labute approximate surface area is 93.8 Å². The number of fused-ring (bicyclic) bond motifs is 1. The summed E-state index contributed by atoms with van der Waals surface area (Å²) in [6.45, 7) is 0. The van der Waals surface area contributed by atoms with Gasteiger partial charge in [0.1, 0.15) is 0 Å². The minimum absolute atomic E-state index is 0.118. The van der Waals surface area contributed by atoms with Gasteiger partial charge in [0.25, 0.3) is 0 Å². The first-order chi connectivity index (χ1) is 7.65. The molecule has 4 heteroatoms. The molecule has 1 atom stereocenters.